The normalized spacial score (nSPS) is 9.43. The topological polar surface area (TPSA) is 0 Å². The number of hydrogen-bond acceptors (Lipinski definition) is 1. The summed E-state index contributed by atoms with van der Waals surface area (Å²) in [4.78, 5) is 0. The van der Waals surface area contributed by atoms with Gasteiger partial charge in [-0.1, -0.05) is 0 Å². The van der Waals surface area contributed by atoms with Crippen LogP contribution in [0.4, 0.5) is 0 Å². The highest BCUT2D eigenvalue weighted by molar-refractivity contribution is 14.1. The molecule has 0 saturated heterocycles. The summed E-state index contributed by atoms with van der Waals surface area (Å²) in [6.07, 6.45) is 0. The summed E-state index contributed by atoms with van der Waals surface area (Å²) < 4.78 is 1.38. The third kappa shape index (κ3) is 1.16. The number of rotatable bonds is 0. The van der Waals surface area contributed by atoms with Crippen molar-refractivity contribution in [2.45, 2.75) is 6.92 Å². The van der Waals surface area contributed by atoms with Crippen LogP contribution in [0.25, 0.3) is 0 Å². The Kier molecular flexibility index (Phi) is 1.69. The van der Waals surface area contributed by atoms with Crippen molar-refractivity contribution >= 4 is 33.9 Å². The van der Waals surface area contributed by atoms with Gasteiger partial charge in [0.2, 0.25) is 0 Å². The van der Waals surface area contributed by atoms with Crippen molar-refractivity contribution in [3.05, 3.63) is 19.9 Å². The smallest absolute Gasteiger partial charge is 0.0266 e. The molecule has 0 bridgehead atoms. The van der Waals surface area contributed by atoms with Gasteiger partial charge in [0.05, 0.1) is 0 Å². The molecular formula is C5H5IS. The molecule has 0 spiro atoms. The molecule has 0 amide bonds. The molecule has 1 heterocycles. The van der Waals surface area contributed by atoms with Gasteiger partial charge in [-0.3, -0.25) is 0 Å². The fourth-order valence-corrected chi connectivity index (χ4v) is 1.86. The number of thiophene rings is 1. The fourth-order valence-electron chi connectivity index (χ4n) is 0.345. The monoisotopic (exact) mass is 224 g/mol. The lowest BCUT2D eigenvalue weighted by molar-refractivity contribution is 1.51. The van der Waals surface area contributed by atoms with Gasteiger partial charge in [-0.25, -0.2) is 0 Å². The van der Waals surface area contributed by atoms with Crippen LogP contribution in [0.2, 0.25) is 0 Å². The SMILES string of the molecule is Cc1cscc1I. The molecule has 1 aromatic heterocycles. The van der Waals surface area contributed by atoms with E-state index in [1.807, 2.05) is 0 Å². The van der Waals surface area contributed by atoms with Crippen molar-refractivity contribution < 1.29 is 0 Å². The predicted octanol–water partition coefficient (Wildman–Crippen LogP) is 2.66. The molecule has 0 aromatic carbocycles. The highest BCUT2D eigenvalue weighted by atomic mass is 127. The molecule has 0 aliphatic heterocycles. The lowest BCUT2D eigenvalue weighted by Crippen LogP contribution is -1.62. The summed E-state index contributed by atoms with van der Waals surface area (Å²) in [6, 6.07) is 0. The lowest BCUT2D eigenvalue weighted by atomic mass is 10.4. The van der Waals surface area contributed by atoms with Crippen LogP contribution in [-0.2, 0) is 0 Å². The molecule has 0 fully saturated rings. The summed E-state index contributed by atoms with van der Waals surface area (Å²) >= 11 is 4.09. The minimum atomic E-state index is 1.38. The van der Waals surface area contributed by atoms with Gasteiger partial charge < -0.3 is 0 Å². The van der Waals surface area contributed by atoms with Crippen molar-refractivity contribution in [2.24, 2.45) is 0 Å². The van der Waals surface area contributed by atoms with Crippen LogP contribution in [0.3, 0.4) is 0 Å². The second kappa shape index (κ2) is 2.13. The first-order chi connectivity index (χ1) is 3.30. The average Bonchev–Trinajstić information content (AvgIpc) is 1.91. The van der Waals surface area contributed by atoms with Crippen molar-refractivity contribution in [3.63, 3.8) is 0 Å². The molecule has 0 unspecified atom stereocenters. The van der Waals surface area contributed by atoms with Gasteiger partial charge >= 0.3 is 0 Å². The van der Waals surface area contributed by atoms with Gasteiger partial charge in [0.25, 0.3) is 0 Å². The van der Waals surface area contributed by atoms with E-state index in [0.717, 1.165) is 0 Å². The molecular weight excluding hydrogens is 219 g/mol. The Balaban J connectivity index is 3.12. The van der Waals surface area contributed by atoms with E-state index in [1.54, 1.807) is 11.3 Å². The standard InChI is InChI=1S/C5H5IS/c1-4-2-7-3-5(4)6/h2-3H,1H3. The molecule has 0 N–H and O–H groups in total. The zero-order valence-electron chi connectivity index (χ0n) is 3.94. The maximum absolute atomic E-state index is 2.33. The molecule has 0 nitrogen and oxygen atoms in total. The Bertz CT molecular complexity index is 140. The molecule has 0 aliphatic carbocycles. The number of hydrogen-bond donors (Lipinski definition) is 0. The van der Waals surface area contributed by atoms with Crippen molar-refractivity contribution in [1.29, 1.82) is 0 Å². The van der Waals surface area contributed by atoms with E-state index in [2.05, 4.69) is 40.3 Å². The van der Waals surface area contributed by atoms with Gasteiger partial charge in [-0.15, -0.1) is 0 Å². The average molecular weight is 224 g/mol. The van der Waals surface area contributed by atoms with Gasteiger partial charge in [0.1, 0.15) is 0 Å². The van der Waals surface area contributed by atoms with Gasteiger partial charge in [-0.2, -0.15) is 11.3 Å². The quantitative estimate of drug-likeness (QED) is 0.594. The van der Waals surface area contributed by atoms with Crippen molar-refractivity contribution in [1.82, 2.24) is 0 Å². The molecule has 0 radical (unpaired) electrons. The van der Waals surface area contributed by atoms with E-state index >= 15 is 0 Å². The molecule has 38 valence electrons. The van der Waals surface area contributed by atoms with Gasteiger partial charge in [-0.05, 0) is 40.5 Å². The Labute approximate surface area is 60.7 Å². The zero-order valence-corrected chi connectivity index (χ0v) is 6.91. The van der Waals surface area contributed by atoms with Gasteiger partial charge in [0.15, 0.2) is 0 Å². The predicted molar refractivity (Wildman–Crippen MR) is 41.8 cm³/mol. The Morgan fingerprint density at radius 1 is 1.57 bits per heavy atom. The first kappa shape index (κ1) is 5.56. The lowest BCUT2D eigenvalue weighted by Gasteiger charge is -1.77. The third-order valence-electron chi connectivity index (χ3n) is 0.793. The first-order valence-corrected chi connectivity index (χ1v) is 4.01. The maximum Gasteiger partial charge on any atom is 0.0266 e. The highest BCUT2D eigenvalue weighted by Gasteiger charge is 1.88. The van der Waals surface area contributed by atoms with E-state index in [0.29, 0.717) is 0 Å². The van der Waals surface area contributed by atoms with Crippen LogP contribution in [0, 0.1) is 10.5 Å². The van der Waals surface area contributed by atoms with Crippen LogP contribution in [0.1, 0.15) is 5.56 Å². The molecule has 0 aliphatic rings. The Hall–Kier alpha value is 0.430. The summed E-state index contributed by atoms with van der Waals surface area (Å²) in [6.45, 7) is 2.12. The third-order valence-corrected chi connectivity index (χ3v) is 3.24. The van der Waals surface area contributed by atoms with Crippen molar-refractivity contribution in [2.75, 3.05) is 0 Å². The molecule has 1 rings (SSSR count). The van der Waals surface area contributed by atoms with E-state index in [1.165, 1.54) is 9.13 Å². The number of aryl methyl sites for hydroxylation is 1. The van der Waals surface area contributed by atoms with Crippen LogP contribution < -0.4 is 0 Å². The van der Waals surface area contributed by atoms with E-state index in [9.17, 15) is 0 Å². The first-order valence-electron chi connectivity index (χ1n) is 1.99. The fraction of sp³-hybridized carbons (Fsp3) is 0.200. The molecule has 1 aromatic rings. The largest absolute Gasteiger partial charge is 0.151 e. The minimum absolute atomic E-state index is 1.38. The molecule has 0 saturated carbocycles. The van der Waals surface area contributed by atoms with E-state index in [-0.39, 0.29) is 0 Å². The Morgan fingerprint density at radius 3 is 2.43 bits per heavy atom. The molecule has 0 atom stereocenters. The minimum Gasteiger partial charge on any atom is -0.151 e. The second-order valence-electron chi connectivity index (χ2n) is 1.40. The zero-order chi connectivity index (χ0) is 5.28. The van der Waals surface area contributed by atoms with E-state index in [4.69, 9.17) is 0 Å². The summed E-state index contributed by atoms with van der Waals surface area (Å²) in [5, 5.41) is 4.30. The van der Waals surface area contributed by atoms with Crippen LogP contribution in [0.15, 0.2) is 10.8 Å². The summed E-state index contributed by atoms with van der Waals surface area (Å²) in [5.74, 6) is 0. The van der Waals surface area contributed by atoms with Crippen LogP contribution in [-0.4, -0.2) is 0 Å². The Morgan fingerprint density at radius 2 is 2.29 bits per heavy atom. The second-order valence-corrected chi connectivity index (χ2v) is 3.31. The molecule has 2 heteroatoms. The summed E-state index contributed by atoms with van der Waals surface area (Å²) in [5.41, 5.74) is 1.39. The van der Waals surface area contributed by atoms with Gasteiger partial charge in [0, 0.05) is 8.95 Å². The van der Waals surface area contributed by atoms with Crippen LogP contribution in [0.5, 0.6) is 0 Å². The maximum atomic E-state index is 2.33. The molecule has 7 heavy (non-hydrogen) atoms. The summed E-state index contributed by atoms with van der Waals surface area (Å²) in [7, 11) is 0. The number of halogens is 1. The van der Waals surface area contributed by atoms with Crippen LogP contribution >= 0.6 is 33.9 Å². The highest BCUT2D eigenvalue weighted by Crippen LogP contribution is 2.14. The van der Waals surface area contributed by atoms with Crippen molar-refractivity contribution in [3.8, 4) is 0 Å². The van der Waals surface area contributed by atoms with E-state index < -0.39 is 0 Å².